The zero-order valence-corrected chi connectivity index (χ0v) is 23.1. The van der Waals surface area contributed by atoms with Crippen molar-refractivity contribution in [1.29, 1.82) is 0 Å². The average molecular weight is 525 g/mol. The standard InChI is InChI=1S/C32H41FO5/c1-7-8-9-10-24-13-16-27(17-14-24)28-18-15-25(19-29(28)33)11-12-26(20-37-30(34)22(2)3)21-38-31(35)23(4)32(5,6)36/h13-19,26,36H,2,4,7-12,20-21H2,1,3,5-6H3. The van der Waals surface area contributed by atoms with Crippen molar-refractivity contribution in [2.75, 3.05) is 13.2 Å². The average Bonchev–Trinajstić information content (AvgIpc) is 2.87. The molecule has 0 aliphatic heterocycles. The third-order valence-electron chi connectivity index (χ3n) is 6.44. The second-order valence-corrected chi connectivity index (χ2v) is 10.4. The number of hydrogen-bond acceptors (Lipinski definition) is 5. The van der Waals surface area contributed by atoms with Gasteiger partial charge in [0.05, 0.1) is 24.4 Å². The summed E-state index contributed by atoms with van der Waals surface area (Å²) in [5, 5.41) is 9.98. The fourth-order valence-electron chi connectivity index (χ4n) is 3.81. The predicted molar refractivity (Wildman–Crippen MR) is 149 cm³/mol. The third-order valence-corrected chi connectivity index (χ3v) is 6.44. The van der Waals surface area contributed by atoms with E-state index in [1.54, 1.807) is 13.0 Å². The van der Waals surface area contributed by atoms with Crippen LogP contribution in [0, 0.1) is 11.7 Å². The minimum atomic E-state index is -1.41. The molecular formula is C32H41FO5. The Morgan fingerprint density at radius 1 is 0.947 bits per heavy atom. The van der Waals surface area contributed by atoms with Crippen molar-refractivity contribution in [3.05, 3.63) is 83.7 Å². The minimum Gasteiger partial charge on any atom is -0.462 e. The normalized spacial score (nSPS) is 12.1. The molecule has 0 saturated heterocycles. The van der Waals surface area contributed by atoms with Crippen LogP contribution in [0.4, 0.5) is 4.39 Å². The molecule has 2 rings (SSSR count). The molecule has 0 heterocycles. The van der Waals surface area contributed by atoms with E-state index in [9.17, 15) is 14.7 Å². The number of hydrogen-bond donors (Lipinski definition) is 1. The first-order valence-corrected chi connectivity index (χ1v) is 13.2. The van der Waals surface area contributed by atoms with Crippen LogP contribution in [0.25, 0.3) is 11.1 Å². The van der Waals surface area contributed by atoms with Crippen LogP contribution in [0.3, 0.4) is 0 Å². The highest BCUT2D eigenvalue weighted by molar-refractivity contribution is 5.89. The number of carbonyl (C=O) groups excluding carboxylic acids is 2. The first-order valence-electron chi connectivity index (χ1n) is 13.2. The fourth-order valence-corrected chi connectivity index (χ4v) is 3.81. The first kappa shape index (κ1) is 31.0. The molecule has 0 aromatic heterocycles. The van der Waals surface area contributed by atoms with Gasteiger partial charge in [0, 0.05) is 17.1 Å². The molecular weight excluding hydrogens is 483 g/mol. The fraction of sp³-hybridized carbons (Fsp3) is 0.438. The maximum Gasteiger partial charge on any atom is 0.336 e. The Bertz CT molecular complexity index is 1110. The zero-order valence-electron chi connectivity index (χ0n) is 23.1. The van der Waals surface area contributed by atoms with Crippen LogP contribution in [-0.2, 0) is 31.9 Å². The van der Waals surface area contributed by atoms with E-state index in [-0.39, 0.29) is 36.1 Å². The van der Waals surface area contributed by atoms with Crippen molar-refractivity contribution in [2.24, 2.45) is 5.92 Å². The quantitative estimate of drug-likeness (QED) is 0.158. The Morgan fingerprint density at radius 3 is 2.11 bits per heavy atom. The number of carbonyl (C=O) groups is 2. The Kier molecular flexibility index (Phi) is 11.9. The summed E-state index contributed by atoms with van der Waals surface area (Å²) >= 11 is 0. The van der Waals surface area contributed by atoms with Crippen LogP contribution in [0.2, 0.25) is 0 Å². The molecule has 2 aromatic carbocycles. The molecule has 206 valence electrons. The minimum absolute atomic E-state index is 0.0130. The van der Waals surface area contributed by atoms with Gasteiger partial charge in [0.15, 0.2) is 0 Å². The summed E-state index contributed by atoms with van der Waals surface area (Å²) in [6.45, 7) is 13.8. The third kappa shape index (κ3) is 9.90. The van der Waals surface area contributed by atoms with Gasteiger partial charge in [0.1, 0.15) is 5.82 Å². The van der Waals surface area contributed by atoms with E-state index in [0.717, 1.165) is 24.0 Å². The molecule has 2 aromatic rings. The molecule has 0 amide bonds. The summed E-state index contributed by atoms with van der Waals surface area (Å²) < 4.78 is 25.6. The van der Waals surface area contributed by atoms with Gasteiger partial charge in [-0.2, -0.15) is 0 Å². The van der Waals surface area contributed by atoms with Gasteiger partial charge in [-0.3, -0.25) is 0 Å². The summed E-state index contributed by atoms with van der Waals surface area (Å²) in [4.78, 5) is 24.1. The molecule has 1 atom stereocenters. The van der Waals surface area contributed by atoms with Gasteiger partial charge in [-0.05, 0) is 69.2 Å². The van der Waals surface area contributed by atoms with Gasteiger partial charge in [-0.15, -0.1) is 0 Å². The predicted octanol–water partition coefficient (Wildman–Crippen LogP) is 6.76. The SMILES string of the molecule is C=C(C)C(=O)OCC(CCc1ccc(-c2ccc(CCCCC)cc2)c(F)c1)COC(=O)C(=C)C(C)(C)O. The van der Waals surface area contributed by atoms with Gasteiger partial charge in [-0.25, -0.2) is 14.0 Å². The van der Waals surface area contributed by atoms with E-state index >= 15 is 4.39 Å². The highest BCUT2D eigenvalue weighted by Gasteiger charge is 2.26. The maximum atomic E-state index is 15.0. The Morgan fingerprint density at radius 2 is 1.55 bits per heavy atom. The number of esters is 2. The van der Waals surface area contributed by atoms with Gasteiger partial charge in [-0.1, -0.05) is 69.3 Å². The van der Waals surface area contributed by atoms with Gasteiger partial charge in [0.2, 0.25) is 0 Å². The molecule has 0 fully saturated rings. The first-order chi connectivity index (χ1) is 17.9. The molecule has 0 spiro atoms. The molecule has 5 nitrogen and oxygen atoms in total. The largest absolute Gasteiger partial charge is 0.462 e. The number of halogens is 1. The van der Waals surface area contributed by atoms with Crippen molar-refractivity contribution in [2.45, 2.75) is 71.8 Å². The monoisotopic (exact) mass is 524 g/mol. The molecule has 1 unspecified atom stereocenters. The highest BCUT2D eigenvalue weighted by Crippen LogP contribution is 2.26. The lowest BCUT2D eigenvalue weighted by molar-refractivity contribution is -0.145. The van der Waals surface area contributed by atoms with Crippen LogP contribution < -0.4 is 0 Å². The van der Waals surface area contributed by atoms with Crippen LogP contribution in [0.5, 0.6) is 0 Å². The smallest absolute Gasteiger partial charge is 0.336 e. The molecule has 0 bridgehead atoms. The van der Waals surface area contributed by atoms with Crippen molar-refractivity contribution >= 4 is 11.9 Å². The van der Waals surface area contributed by atoms with Crippen LogP contribution in [0.15, 0.2) is 66.8 Å². The molecule has 0 aliphatic carbocycles. The van der Waals surface area contributed by atoms with Crippen molar-refractivity contribution < 1.29 is 28.6 Å². The number of benzene rings is 2. The molecule has 38 heavy (non-hydrogen) atoms. The van der Waals surface area contributed by atoms with E-state index in [1.807, 2.05) is 18.2 Å². The lowest BCUT2D eigenvalue weighted by Gasteiger charge is -2.21. The maximum absolute atomic E-state index is 15.0. The number of rotatable bonds is 15. The lowest BCUT2D eigenvalue weighted by atomic mass is 9.96. The zero-order chi connectivity index (χ0) is 28.3. The summed E-state index contributed by atoms with van der Waals surface area (Å²) in [7, 11) is 0. The van der Waals surface area contributed by atoms with E-state index < -0.39 is 17.5 Å². The van der Waals surface area contributed by atoms with Crippen LogP contribution in [0.1, 0.15) is 64.5 Å². The number of aryl methyl sites for hydroxylation is 2. The topological polar surface area (TPSA) is 72.8 Å². The number of unbranched alkanes of at least 4 members (excludes halogenated alkanes) is 2. The molecule has 0 radical (unpaired) electrons. The van der Waals surface area contributed by atoms with Gasteiger partial charge in [0.25, 0.3) is 0 Å². The van der Waals surface area contributed by atoms with Crippen molar-refractivity contribution in [1.82, 2.24) is 0 Å². The summed E-state index contributed by atoms with van der Waals surface area (Å²) in [5.74, 6) is -1.89. The molecule has 0 saturated carbocycles. The second kappa shape index (κ2) is 14.6. The van der Waals surface area contributed by atoms with Crippen LogP contribution >= 0.6 is 0 Å². The van der Waals surface area contributed by atoms with Crippen molar-refractivity contribution in [3.63, 3.8) is 0 Å². The Hall–Kier alpha value is -3.25. The lowest BCUT2D eigenvalue weighted by Crippen LogP contribution is -2.30. The van der Waals surface area contributed by atoms with E-state index in [4.69, 9.17) is 9.47 Å². The highest BCUT2D eigenvalue weighted by atomic mass is 19.1. The second-order valence-electron chi connectivity index (χ2n) is 10.4. The summed E-state index contributed by atoms with van der Waals surface area (Å²) in [6, 6.07) is 13.2. The Labute approximate surface area is 226 Å². The van der Waals surface area contributed by atoms with E-state index in [1.165, 1.54) is 38.3 Å². The number of ether oxygens (including phenoxy) is 2. The van der Waals surface area contributed by atoms with Crippen LogP contribution in [-0.4, -0.2) is 35.9 Å². The molecule has 0 aliphatic rings. The van der Waals surface area contributed by atoms with E-state index in [0.29, 0.717) is 18.4 Å². The Balaban J connectivity index is 2.04. The van der Waals surface area contributed by atoms with Gasteiger partial charge < -0.3 is 14.6 Å². The van der Waals surface area contributed by atoms with E-state index in [2.05, 4.69) is 32.2 Å². The van der Waals surface area contributed by atoms with Crippen molar-refractivity contribution in [3.8, 4) is 11.1 Å². The number of aliphatic hydroxyl groups is 1. The summed E-state index contributed by atoms with van der Waals surface area (Å²) in [5.41, 5.74) is 2.20. The molecule has 6 heteroatoms. The van der Waals surface area contributed by atoms with Gasteiger partial charge >= 0.3 is 11.9 Å². The summed E-state index contributed by atoms with van der Waals surface area (Å²) in [6.07, 6.45) is 5.54. The molecule has 1 N–H and O–H groups in total.